The van der Waals surface area contributed by atoms with E-state index in [9.17, 15) is 4.79 Å². The zero-order chi connectivity index (χ0) is 21.2. The molecule has 0 aliphatic heterocycles. The zero-order valence-corrected chi connectivity index (χ0v) is 19.0. The minimum Gasteiger partial charge on any atom is -0.295 e. The van der Waals surface area contributed by atoms with Crippen LogP contribution in [-0.2, 0) is 11.2 Å². The number of ketones is 1. The standard InChI is InChI=1S/C30H36O/c1-21-6-11-24(12-7-21)25-13-8-22(9-14-25)18-23-10-15-27-16-17-28(31)20-30(29(27)19-23)26-4-2-3-5-26/h8-10,13-17,19,21,24,26,30H,2-7,11-12,18,20H2,1H3. The van der Waals surface area contributed by atoms with Crippen molar-refractivity contribution in [2.24, 2.45) is 11.8 Å². The molecule has 3 aliphatic rings. The molecule has 0 saturated heterocycles. The van der Waals surface area contributed by atoms with Crippen molar-refractivity contribution in [1.29, 1.82) is 0 Å². The van der Waals surface area contributed by atoms with Gasteiger partial charge in [-0.3, -0.25) is 4.79 Å². The molecule has 0 amide bonds. The topological polar surface area (TPSA) is 17.1 Å². The average molecular weight is 413 g/mol. The highest BCUT2D eigenvalue weighted by atomic mass is 16.1. The predicted molar refractivity (Wildman–Crippen MR) is 129 cm³/mol. The summed E-state index contributed by atoms with van der Waals surface area (Å²) in [5.74, 6) is 3.03. The van der Waals surface area contributed by atoms with Crippen LogP contribution >= 0.6 is 0 Å². The molecule has 31 heavy (non-hydrogen) atoms. The molecule has 0 radical (unpaired) electrons. The van der Waals surface area contributed by atoms with Crippen LogP contribution in [0.5, 0.6) is 0 Å². The fourth-order valence-electron chi connectivity index (χ4n) is 6.30. The van der Waals surface area contributed by atoms with Gasteiger partial charge in [0.05, 0.1) is 0 Å². The van der Waals surface area contributed by atoms with Crippen LogP contribution in [0.15, 0.2) is 48.5 Å². The molecule has 1 heteroatoms. The Kier molecular flexibility index (Phi) is 6.12. The van der Waals surface area contributed by atoms with Crippen LogP contribution in [0.3, 0.4) is 0 Å². The highest BCUT2D eigenvalue weighted by Gasteiger charge is 2.30. The largest absolute Gasteiger partial charge is 0.295 e. The number of carbonyl (C=O) groups is 1. The first-order valence-corrected chi connectivity index (χ1v) is 12.6. The first kappa shape index (κ1) is 20.7. The van der Waals surface area contributed by atoms with E-state index in [1.54, 1.807) is 6.08 Å². The lowest BCUT2D eigenvalue weighted by Crippen LogP contribution is -2.14. The number of fused-ring (bicyclic) bond motifs is 1. The lowest BCUT2D eigenvalue weighted by atomic mass is 9.79. The summed E-state index contributed by atoms with van der Waals surface area (Å²) in [6, 6.07) is 16.4. The summed E-state index contributed by atoms with van der Waals surface area (Å²) in [5, 5.41) is 0. The molecule has 0 bridgehead atoms. The van der Waals surface area contributed by atoms with Gasteiger partial charge in [0.15, 0.2) is 5.78 Å². The van der Waals surface area contributed by atoms with E-state index in [-0.39, 0.29) is 0 Å². The second-order valence-corrected chi connectivity index (χ2v) is 10.5. The van der Waals surface area contributed by atoms with Crippen molar-refractivity contribution in [3.63, 3.8) is 0 Å². The fourth-order valence-corrected chi connectivity index (χ4v) is 6.30. The van der Waals surface area contributed by atoms with Gasteiger partial charge in [0, 0.05) is 6.42 Å². The third-order valence-electron chi connectivity index (χ3n) is 8.26. The van der Waals surface area contributed by atoms with Gasteiger partial charge in [-0.1, -0.05) is 81.1 Å². The minimum absolute atomic E-state index is 0.294. The van der Waals surface area contributed by atoms with Gasteiger partial charge in [-0.2, -0.15) is 0 Å². The van der Waals surface area contributed by atoms with E-state index >= 15 is 0 Å². The Morgan fingerprint density at radius 3 is 2.26 bits per heavy atom. The first-order valence-electron chi connectivity index (χ1n) is 12.6. The number of carbonyl (C=O) groups excluding carboxylic acids is 1. The summed E-state index contributed by atoms with van der Waals surface area (Å²) in [4.78, 5) is 12.4. The van der Waals surface area contributed by atoms with Crippen LogP contribution in [0.1, 0.15) is 104 Å². The van der Waals surface area contributed by atoms with Crippen LogP contribution in [0, 0.1) is 11.8 Å². The second-order valence-electron chi connectivity index (χ2n) is 10.5. The van der Waals surface area contributed by atoms with Crippen LogP contribution in [0.25, 0.3) is 6.08 Å². The van der Waals surface area contributed by atoms with Crippen molar-refractivity contribution >= 4 is 11.9 Å². The van der Waals surface area contributed by atoms with Crippen molar-refractivity contribution in [2.45, 2.75) is 83.0 Å². The number of hydrogen-bond donors (Lipinski definition) is 0. The zero-order valence-electron chi connectivity index (χ0n) is 19.0. The molecule has 0 N–H and O–H groups in total. The monoisotopic (exact) mass is 412 g/mol. The van der Waals surface area contributed by atoms with E-state index < -0.39 is 0 Å². The van der Waals surface area contributed by atoms with Gasteiger partial charge in [0.1, 0.15) is 0 Å². The van der Waals surface area contributed by atoms with E-state index in [0.29, 0.717) is 24.0 Å². The summed E-state index contributed by atoms with van der Waals surface area (Å²) < 4.78 is 0. The maximum atomic E-state index is 12.4. The molecule has 3 aliphatic carbocycles. The van der Waals surface area contributed by atoms with E-state index in [4.69, 9.17) is 0 Å². The fraction of sp³-hybridized carbons (Fsp3) is 0.500. The predicted octanol–water partition coefficient (Wildman–Crippen LogP) is 7.83. The Balaban J connectivity index is 1.34. The minimum atomic E-state index is 0.294. The van der Waals surface area contributed by atoms with Crippen molar-refractivity contribution in [1.82, 2.24) is 0 Å². The molecule has 2 saturated carbocycles. The summed E-state index contributed by atoms with van der Waals surface area (Å²) >= 11 is 0. The molecule has 1 unspecified atom stereocenters. The summed E-state index contributed by atoms with van der Waals surface area (Å²) in [6.45, 7) is 2.39. The van der Waals surface area contributed by atoms with E-state index in [1.807, 2.05) is 0 Å². The molecule has 0 spiro atoms. The Morgan fingerprint density at radius 1 is 0.806 bits per heavy atom. The van der Waals surface area contributed by atoms with Crippen LogP contribution in [0.4, 0.5) is 0 Å². The molecule has 0 heterocycles. The highest BCUT2D eigenvalue weighted by molar-refractivity contribution is 5.95. The van der Waals surface area contributed by atoms with Crippen molar-refractivity contribution < 1.29 is 4.79 Å². The van der Waals surface area contributed by atoms with Gasteiger partial charge in [-0.25, -0.2) is 0 Å². The lowest BCUT2D eigenvalue weighted by molar-refractivity contribution is -0.115. The summed E-state index contributed by atoms with van der Waals surface area (Å²) in [7, 11) is 0. The Labute approximate surface area is 188 Å². The molecule has 5 rings (SSSR count). The Bertz CT molecular complexity index is 937. The number of hydrogen-bond acceptors (Lipinski definition) is 1. The molecule has 2 aromatic carbocycles. The van der Waals surface area contributed by atoms with Gasteiger partial charge >= 0.3 is 0 Å². The van der Waals surface area contributed by atoms with Crippen LogP contribution in [0.2, 0.25) is 0 Å². The van der Waals surface area contributed by atoms with Crippen LogP contribution < -0.4 is 0 Å². The number of allylic oxidation sites excluding steroid dienone is 1. The normalized spacial score (nSPS) is 26.6. The molecule has 2 fully saturated rings. The number of rotatable bonds is 4. The van der Waals surface area contributed by atoms with Gasteiger partial charge < -0.3 is 0 Å². The molecule has 1 atom stereocenters. The van der Waals surface area contributed by atoms with Crippen LogP contribution in [-0.4, -0.2) is 5.78 Å². The maximum Gasteiger partial charge on any atom is 0.156 e. The lowest BCUT2D eigenvalue weighted by Gasteiger charge is -2.26. The molecule has 2 aromatic rings. The smallest absolute Gasteiger partial charge is 0.156 e. The van der Waals surface area contributed by atoms with Crippen molar-refractivity contribution in [2.75, 3.05) is 0 Å². The van der Waals surface area contributed by atoms with Gasteiger partial charge in [-0.05, 0) is 89.7 Å². The number of benzene rings is 2. The third-order valence-corrected chi connectivity index (χ3v) is 8.26. The molecule has 0 aromatic heterocycles. The molecular formula is C30H36O. The summed E-state index contributed by atoms with van der Waals surface area (Å²) in [6.07, 6.45) is 16.2. The highest BCUT2D eigenvalue weighted by Crippen LogP contribution is 2.42. The van der Waals surface area contributed by atoms with E-state index in [0.717, 1.165) is 18.3 Å². The second kappa shape index (κ2) is 9.15. The summed E-state index contributed by atoms with van der Waals surface area (Å²) in [5.41, 5.74) is 6.98. The van der Waals surface area contributed by atoms with Crippen molar-refractivity contribution in [3.8, 4) is 0 Å². The Morgan fingerprint density at radius 2 is 1.52 bits per heavy atom. The molecular weight excluding hydrogens is 376 g/mol. The Hall–Kier alpha value is -2.15. The first-order chi connectivity index (χ1) is 15.2. The molecule has 162 valence electrons. The third kappa shape index (κ3) is 4.71. The molecule has 1 nitrogen and oxygen atoms in total. The van der Waals surface area contributed by atoms with E-state index in [1.165, 1.54) is 79.2 Å². The van der Waals surface area contributed by atoms with Gasteiger partial charge in [0.25, 0.3) is 0 Å². The average Bonchev–Trinajstić information content (AvgIpc) is 3.27. The van der Waals surface area contributed by atoms with Gasteiger partial charge in [0.2, 0.25) is 0 Å². The van der Waals surface area contributed by atoms with E-state index in [2.05, 4.69) is 55.5 Å². The van der Waals surface area contributed by atoms with Crippen molar-refractivity contribution in [3.05, 3.63) is 76.4 Å². The quantitative estimate of drug-likeness (QED) is 0.500. The van der Waals surface area contributed by atoms with Gasteiger partial charge in [-0.15, -0.1) is 0 Å². The SMILES string of the molecule is CC1CCC(c2ccc(Cc3ccc4c(c3)C(C3CCCC3)CC(=O)C=C4)cc2)CC1. The maximum absolute atomic E-state index is 12.4.